The molecule has 2 rings (SSSR count). The second-order valence-electron chi connectivity index (χ2n) is 4.72. The van der Waals surface area contributed by atoms with Crippen LogP contribution in [0.3, 0.4) is 0 Å². The van der Waals surface area contributed by atoms with Crippen LogP contribution in [-0.4, -0.2) is 19.6 Å². The number of rotatable bonds is 5. The lowest BCUT2D eigenvalue weighted by molar-refractivity contribution is -0.143. The molecule has 1 unspecified atom stereocenters. The van der Waals surface area contributed by atoms with Gasteiger partial charge < -0.3 is 10.1 Å². The molecule has 3 nitrogen and oxygen atoms in total. The molecule has 0 saturated heterocycles. The van der Waals surface area contributed by atoms with Crippen LogP contribution in [0.25, 0.3) is 0 Å². The van der Waals surface area contributed by atoms with Crippen molar-refractivity contribution in [2.24, 2.45) is 5.92 Å². The zero-order valence-electron chi connectivity index (χ0n) is 10.4. The van der Waals surface area contributed by atoms with E-state index in [1.807, 2.05) is 31.2 Å². The maximum absolute atomic E-state index is 11.8. The molecule has 17 heavy (non-hydrogen) atoms. The predicted octanol–water partition coefficient (Wildman–Crippen LogP) is 2.21. The van der Waals surface area contributed by atoms with Crippen LogP contribution < -0.4 is 5.32 Å². The van der Waals surface area contributed by atoms with Gasteiger partial charge in [-0.05, 0) is 37.8 Å². The molecule has 0 radical (unpaired) electrons. The lowest BCUT2D eigenvalue weighted by atomic mass is 10.0. The van der Waals surface area contributed by atoms with Crippen molar-refractivity contribution in [1.82, 2.24) is 5.32 Å². The summed E-state index contributed by atoms with van der Waals surface area (Å²) in [6.45, 7) is 2.92. The van der Waals surface area contributed by atoms with Crippen molar-refractivity contribution in [3.63, 3.8) is 0 Å². The molecular weight excluding hydrogens is 214 g/mol. The molecule has 0 bridgehead atoms. The number of esters is 1. The lowest BCUT2D eigenvalue weighted by Gasteiger charge is -2.17. The van der Waals surface area contributed by atoms with E-state index in [0.717, 1.165) is 23.6 Å². The average molecular weight is 233 g/mol. The highest BCUT2D eigenvalue weighted by molar-refractivity contribution is 5.77. The third-order valence-corrected chi connectivity index (χ3v) is 3.12. The van der Waals surface area contributed by atoms with E-state index in [2.05, 4.69) is 5.32 Å². The number of methoxy groups -OCH3 is 1. The largest absolute Gasteiger partial charge is 0.468 e. The van der Waals surface area contributed by atoms with Gasteiger partial charge in [-0.2, -0.15) is 0 Å². The molecule has 1 aliphatic rings. The summed E-state index contributed by atoms with van der Waals surface area (Å²) in [6, 6.07) is 7.66. The number of hydrogen-bond acceptors (Lipinski definition) is 3. The van der Waals surface area contributed by atoms with Crippen molar-refractivity contribution in [2.45, 2.75) is 25.8 Å². The molecule has 1 aromatic carbocycles. The molecule has 1 aliphatic carbocycles. The van der Waals surface area contributed by atoms with E-state index < -0.39 is 0 Å². The van der Waals surface area contributed by atoms with E-state index in [1.165, 1.54) is 20.0 Å². The highest BCUT2D eigenvalue weighted by Crippen LogP contribution is 2.28. The Kier molecular flexibility index (Phi) is 3.79. The number of nitrogens with one attached hydrogen (secondary N) is 1. The summed E-state index contributed by atoms with van der Waals surface area (Å²) in [4.78, 5) is 11.8. The van der Waals surface area contributed by atoms with Gasteiger partial charge in [-0.3, -0.25) is 0 Å². The minimum atomic E-state index is -0.333. The van der Waals surface area contributed by atoms with Crippen LogP contribution in [0.5, 0.6) is 0 Å². The third-order valence-electron chi connectivity index (χ3n) is 3.12. The summed E-state index contributed by atoms with van der Waals surface area (Å²) in [5, 5.41) is 3.30. The number of ether oxygens (including phenoxy) is 1. The van der Waals surface area contributed by atoms with Gasteiger partial charge >= 0.3 is 5.97 Å². The number of carbonyl (C=O) groups excluding carboxylic acids is 1. The van der Waals surface area contributed by atoms with Crippen LogP contribution in [-0.2, 0) is 9.53 Å². The van der Waals surface area contributed by atoms with Gasteiger partial charge in [-0.1, -0.05) is 29.8 Å². The second kappa shape index (κ2) is 5.32. The van der Waals surface area contributed by atoms with Crippen LogP contribution in [0.1, 0.15) is 30.0 Å². The molecule has 1 aromatic rings. The molecule has 0 amide bonds. The average Bonchev–Trinajstić information content (AvgIpc) is 3.13. The Morgan fingerprint density at radius 3 is 2.88 bits per heavy atom. The molecule has 1 fully saturated rings. The Morgan fingerprint density at radius 1 is 1.53 bits per heavy atom. The number of aryl methyl sites for hydroxylation is 1. The van der Waals surface area contributed by atoms with Gasteiger partial charge in [-0.25, -0.2) is 4.79 Å². The van der Waals surface area contributed by atoms with Crippen LogP contribution in [0.4, 0.5) is 0 Å². The van der Waals surface area contributed by atoms with Gasteiger partial charge in [0.1, 0.15) is 6.04 Å². The summed E-state index contributed by atoms with van der Waals surface area (Å²) < 4.78 is 4.86. The van der Waals surface area contributed by atoms with Gasteiger partial charge in [0.25, 0.3) is 0 Å². The van der Waals surface area contributed by atoms with Gasteiger partial charge in [-0.15, -0.1) is 0 Å². The van der Waals surface area contributed by atoms with Crippen molar-refractivity contribution in [2.75, 3.05) is 13.7 Å². The highest BCUT2D eigenvalue weighted by atomic mass is 16.5. The molecular formula is C14H19NO2. The molecule has 0 spiro atoms. The first-order chi connectivity index (χ1) is 8.20. The molecule has 0 aliphatic heterocycles. The monoisotopic (exact) mass is 233 g/mol. The van der Waals surface area contributed by atoms with Gasteiger partial charge in [0.05, 0.1) is 7.11 Å². The Labute approximate surface area is 102 Å². The molecule has 3 heteroatoms. The van der Waals surface area contributed by atoms with E-state index >= 15 is 0 Å². The van der Waals surface area contributed by atoms with Crippen molar-refractivity contribution >= 4 is 5.97 Å². The molecule has 1 saturated carbocycles. The zero-order chi connectivity index (χ0) is 12.3. The molecule has 0 heterocycles. The van der Waals surface area contributed by atoms with Crippen molar-refractivity contribution in [1.29, 1.82) is 0 Å². The number of hydrogen-bond donors (Lipinski definition) is 1. The van der Waals surface area contributed by atoms with Crippen molar-refractivity contribution in [3.8, 4) is 0 Å². The topological polar surface area (TPSA) is 38.3 Å². The van der Waals surface area contributed by atoms with E-state index in [9.17, 15) is 4.79 Å². The van der Waals surface area contributed by atoms with Crippen LogP contribution in [0.2, 0.25) is 0 Å². The van der Waals surface area contributed by atoms with E-state index in [0.29, 0.717) is 0 Å². The number of carbonyl (C=O) groups is 1. The first kappa shape index (κ1) is 12.1. The Balaban J connectivity index is 2.09. The minimum Gasteiger partial charge on any atom is -0.468 e. The summed E-state index contributed by atoms with van der Waals surface area (Å²) in [5.74, 6) is 0.531. The summed E-state index contributed by atoms with van der Waals surface area (Å²) in [6.07, 6.45) is 2.55. The predicted molar refractivity (Wildman–Crippen MR) is 66.7 cm³/mol. The fourth-order valence-electron chi connectivity index (χ4n) is 1.91. The maximum Gasteiger partial charge on any atom is 0.327 e. The lowest BCUT2D eigenvalue weighted by Crippen LogP contribution is -2.31. The van der Waals surface area contributed by atoms with Crippen LogP contribution in [0.15, 0.2) is 24.3 Å². The molecule has 0 aromatic heterocycles. The standard InChI is InChI=1S/C14H19NO2/c1-10-4-3-5-12(8-10)13(14(16)17-2)15-9-11-6-7-11/h3-5,8,11,13,15H,6-7,9H2,1-2H3. The molecule has 1 N–H and O–H groups in total. The zero-order valence-corrected chi connectivity index (χ0v) is 10.4. The third kappa shape index (κ3) is 3.30. The van der Waals surface area contributed by atoms with Gasteiger partial charge in [0, 0.05) is 0 Å². The first-order valence-corrected chi connectivity index (χ1v) is 6.08. The van der Waals surface area contributed by atoms with Crippen LogP contribution in [0, 0.1) is 12.8 Å². The normalized spacial score (nSPS) is 16.6. The Morgan fingerprint density at radius 2 is 2.29 bits per heavy atom. The van der Waals surface area contributed by atoms with Crippen LogP contribution >= 0.6 is 0 Å². The SMILES string of the molecule is COC(=O)C(NCC1CC1)c1cccc(C)c1. The summed E-state index contributed by atoms with van der Waals surface area (Å²) in [5.41, 5.74) is 2.14. The van der Waals surface area contributed by atoms with Crippen molar-refractivity contribution < 1.29 is 9.53 Å². The fraction of sp³-hybridized carbons (Fsp3) is 0.500. The highest BCUT2D eigenvalue weighted by Gasteiger charge is 2.26. The van der Waals surface area contributed by atoms with Gasteiger partial charge in [0.15, 0.2) is 0 Å². The second-order valence-corrected chi connectivity index (χ2v) is 4.72. The van der Waals surface area contributed by atoms with E-state index in [-0.39, 0.29) is 12.0 Å². The van der Waals surface area contributed by atoms with E-state index in [4.69, 9.17) is 4.74 Å². The Hall–Kier alpha value is -1.35. The fourth-order valence-corrected chi connectivity index (χ4v) is 1.91. The summed E-state index contributed by atoms with van der Waals surface area (Å²) >= 11 is 0. The first-order valence-electron chi connectivity index (χ1n) is 6.08. The minimum absolute atomic E-state index is 0.212. The maximum atomic E-state index is 11.8. The Bertz CT molecular complexity index is 399. The number of benzene rings is 1. The molecule has 1 atom stereocenters. The van der Waals surface area contributed by atoms with E-state index in [1.54, 1.807) is 0 Å². The summed E-state index contributed by atoms with van der Waals surface area (Å²) in [7, 11) is 1.43. The molecule has 92 valence electrons. The van der Waals surface area contributed by atoms with Crippen molar-refractivity contribution in [3.05, 3.63) is 35.4 Å². The smallest absolute Gasteiger partial charge is 0.327 e. The van der Waals surface area contributed by atoms with Gasteiger partial charge in [0.2, 0.25) is 0 Å². The quantitative estimate of drug-likeness (QED) is 0.792.